The molecule has 0 saturated carbocycles. The molecule has 2 heterocycles. The fraction of sp³-hybridized carbons (Fsp3) is 0.423. The first-order chi connectivity index (χ1) is 15.8. The minimum atomic E-state index is -0.574. The molecule has 1 N–H and O–H groups in total. The van der Waals surface area contributed by atoms with Crippen LogP contribution < -0.4 is 5.32 Å². The van der Waals surface area contributed by atoms with Gasteiger partial charge in [0, 0.05) is 6.54 Å². The number of aliphatic imine (C=N–C) groups is 1. The van der Waals surface area contributed by atoms with E-state index in [1.54, 1.807) is 0 Å². The largest absolute Gasteiger partial charge is 0.475 e. The van der Waals surface area contributed by atoms with Crippen molar-refractivity contribution in [1.82, 2.24) is 4.90 Å². The van der Waals surface area contributed by atoms with E-state index in [0.29, 0.717) is 31.2 Å². The zero-order chi connectivity index (χ0) is 23.4. The summed E-state index contributed by atoms with van der Waals surface area (Å²) in [4.78, 5) is 32.1. The molecule has 2 aliphatic rings. The van der Waals surface area contributed by atoms with Gasteiger partial charge in [-0.05, 0) is 36.0 Å². The highest BCUT2D eigenvalue weighted by Crippen LogP contribution is 2.29. The van der Waals surface area contributed by atoms with Crippen molar-refractivity contribution in [2.24, 2.45) is 10.4 Å². The average Bonchev–Trinajstić information content (AvgIpc) is 3.48. The van der Waals surface area contributed by atoms with E-state index in [0.717, 1.165) is 17.5 Å². The quantitative estimate of drug-likeness (QED) is 0.722. The number of nitrogens with one attached hydrogen (secondary N) is 1. The van der Waals surface area contributed by atoms with Crippen LogP contribution in [0.15, 0.2) is 59.6 Å². The number of rotatable bonds is 5. The van der Waals surface area contributed by atoms with Crippen LogP contribution in [0.2, 0.25) is 0 Å². The maximum Gasteiger partial charge on any atom is 0.410 e. The highest BCUT2D eigenvalue weighted by atomic mass is 16.6. The third kappa shape index (κ3) is 5.35. The Hall–Kier alpha value is -3.35. The molecule has 2 amide bonds. The molecule has 33 heavy (non-hydrogen) atoms. The van der Waals surface area contributed by atoms with E-state index >= 15 is 0 Å². The van der Waals surface area contributed by atoms with Crippen molar-refractivity contribution in [3.05, 3.63) is 65.7 Å². The van der Waals surface area contributed by atoms with E-state index in [4.69, 9.17) is 14.5 Å². The average molecular weight is 450 g/mol. The Labute approximate surface area is 194 Å². The second-order valence-corrected chi connectivity index (χ2v) is 9.55. The molecule has 0 aromatic heterocycles. The molecular formula is C26H31N3O4. The molecule has 2 aromatic rings. The van der Waals surface area contributed by atoms with Gasteiger partial charge in [0.15, 0.2) is 0 Å². The van der Waals surface area contributed by atoms with Crippen molar-refractivity contribution < 1.29 is 19.1 Å². The van der Waals surface area contributed by atoms with Gasteiger partial charge in [0.1, 0.15) is 19.3 Å². The molecule has 0 spiro atoms. The maximum atomic E-state index is 13.2. The van der Waals surface area contributed by atoms with Crippen molar-refractivity contribution in [3.63, 3.8) is 0 Å². The number of carbonyl (C=O) groups excluding carboxylic acids is 2. The van der Waals surface area contributed by atoms with Gasteiger partial charge in [0.2, 0.25) is 11.8 Å². The Morgan fingerprint density at radius 2 is 1.85 bits per heavy atom. The van der Waals surface area contributed by atoms with Crippen LogP contribution >= 0.6 is 0 Å². The third-order valence-electron chi connectivity index (χ3n) is 6.06. The first-order valence-electron chi connectivity index (χ1n) is 11.4. The van der Waals surface area contributed by atoms with Gasteiger partial charge in [-0.15, -0.1) is 0 Å². The summed E-state index contributed by atoms with van der Waals surface area (Å²) >= 11 is 0. The summed E-state index contributed by atoms with van der Waals surface area (Å²) in [5.41, 5.74) is 2.27. The lowest BCUT2D eigenvalue weighted by Crippen LogP contribution is -2.43. The number of amides is 2. The molecule has 2 atom stereocenters. The summed E-state index contributed by atoms with van der Waals surface area (Å²) in [6.45, 7) is 7.59. The van der Waals surface area contributed by atoms with Crippen LogP contribution in [-0.4, -0.2) is 48.0 Å². The minimum Gasteiger partial charge on any atom is -0.475 e. The minimum absolute atomic E-state index is 0.00952. The number of likely N-dealkylation sites (tertiary alicyclic amines) is 1. The first-order valence-corrected chi connectivity index (χ1v) is 11.4. The zero-order valence-corrected chi connectivity index (χ0v) is 19.4. The fourth-order valence-electron chi connectivity index (χ4n) is 4.02. The molecule has 1 fully saturated rings. The molecule has 0 bridgehead atoms. The van der Waals surface area contributed by atoms with E-state index < -0.39 is 12.1 Å². The standard InChI is InChI=1S/C26H31N3O4/c1-26(2,3)22-17-32-24(28-22)19-12-7-8-13-20(19)27-23(30)21-14-9-15-29(21)25(31)33-16-18-10-5-4-6-11-18/h4-8,10-13,21-22H,9,14-17H2,1-3H3,(H,27,30)/t21-,22+/m0/s1. The molecule has 2 aromatic carbocycles. The highest BCUT2D eigenvalue weighted by Gasteiger charge is 2.36. The maximum absolute atomic E-state index is 13.2. The van der Waals surface area contributed by atoms with Crippen LogP contribution in [0.5, 0.6) is 0 Å². The van der Waals surface area contributed by atoms with Gasteiger partial charge in [-0.2, -0.15) is 0 Å². The molecule has 0 unspecified atom stereocenters. The van der Waals surface area contributed by atoms with E-state index in [1.807, 2.05) is 54.6 Å². The van der Waals surface area contributed by atoms with E-state index in [9.17, 15) is 9.59 Å². The summed E-state index contributed by atoms with van der Waals surface area (Å²) in [5, 5.41) is 2.99. The van der Waals surface area contributed by atoms with Crippen LogP contribution in [0, 0.1) is 5.41 Å². The SMILES string of the molecule is CC(C)(C)[C@H]1COC(c2ccccc2NC(=O)[C@@H]2CCCN2C(=O)OCc2ccccc2)=N1. The summed E-state index contributed by atoms with van der Waals surface area (Å²) in [7, 11) is 0. The molecule has 0 radical (unpaired) electrons. The van der Waals surface area contributed by atoms with Crippen LogP contribution in [0.1, 0.15) is 44.7 Å². The molecule has 1 saturated heterocycles. The summed E-state index contributed by atoms with van der Waals surface area (Å²) < 4.78 is 11.3. The second-order valence-electron chi connectivity index (χ2n) is 9.55. The number of para-hydroxylation sites is 1. The fourth-order valence-corrected chi connectivity index (χ4v) is 4.02. The molecule has 174 valence electrons. The highest BCUT2D eigenvalue weighted by molar-refractivity contribution is 6.05. The van der Waals surface area contributed by atoms with Gasteiger partial charge in [0.25, 0.3) is 0 Å². The summed E-state index contributed by atoms with van der Waals surface area (Å²) in [6, 6.07) is 16.5. The Bertz CT molecular complexity index is 1030. The van der Waals surface area contributed by atoms with E-state index in [2.05, 4.69) is 26.1 Å². The van der Waals surface area contributed by atoms with Crippen molar-refractivity contribution in [2.45, 2.75) is 52.3 Å². The van der Waals surface area contributed by atoms with Crippen molar-refractivity contribution in [3.8, 4) is 0 Å². The number of hydrogen-bond acceptors (Lipinski definition) is 5. The lowest BCUT2D eigenvalue weighted by atomic mass is 9.88. The number of anilines is 1. The van der Waals surface area contributed by atoms with Crippen LogP contribution in [0.3, 0.4) is 0 Å². The molecule has 2 aliphatic heterocycles. The van der Waals surface area contributed by atoms with E-state index in [1.165, 1.54) is 4.90 Å². The van der Waals surface area contributed by atoms with Crippen molar-refractivity contribution >= 4 is 23.6 Å². The lowest BCUT2D eigenvalue weighted by Gasteiger charge is -2.23. The Kier molecular flexibility index (Phi) is 6.67. The van der Waals surface area contributed by atoms with Gasteiger partial charge >= 0.3 is 6.09 Å². The topological polar surface area (TPSA) is 80.2 Å². The van der Waals surface area contributed by atoms with Gasteiger partial charge in [-0.1, -0.05) is 63.2 Å². The smallest absolute Gasteiger partial charge is 0.410 e. The number of benzene rings is 2. The Balaban J connectivity index is 1.43. The molecule has 7 heteroatoms. The lowest BCUT2D eigenvalue weighted by molar-refractivity contribution is -0.120. The normalized spacial score (nSPS) is 20.2. The number of hydrogen-bond donors (Lipinski definition) is 1. The molecule has 7 nitrogen and oxygen atoms in total. The van der Waals surface area contributed by atoms with Crippen LogP contribution in [0.4, 0.5) is 10.5 Å². The monoisotopic (exact) mass is 449 g/mol. The summed E-state index contributed by atoms with van der Waals surface area (Å²) in [5.74, 6) is 0.305. The van der Waals surface area contributed by atoms with Gasteiger partial charge in [-0.25, -0.2) is 9.79 Å². The summed E-state index contributed by atoms with van der Waals surface area (Å²) in [6.07, 6.45) is 0.877. The first kappa shape index (κ1) is 22.8. The molecular weight excluding hydrogens is 418 g/mol. The predicted octanol–water partition coefficient (Wildman–Crippen LogP) is 4.62. The Morgan fingerprint density at radius 1 is 1.12 bits per heavy atom. The van der Waals surface area contributed by atoms with Crippen molar-refractivity contribution in [2.75, 3.05) is 18.5 Å². The van der Waals surface area contributed by atoms with Gasteiger partial charge in [-0.3, -0.25) is 9.69 Å². The van der Waals surface area contributed by atoms with Gasteiger partial charge in [0.05, 0.1) is 17.3 Å². The van der Waals surface area contributed by atoms with Crippen molar-refractivity contribution in [1.29, 1.82) is 0 Å². The number of nitrogens with zero attached hydrogens (tertiary/aromatic N) is 2. The predicted molar refractivity (Wildman–Crippen MR) is 127 cm³/mol. The molecule has 0 aliphatic carbocycles. The number of ether oxygens (including phenoxy) is 2. The van der Waals surface area contributed by atoms with Crippen LogP contribution in [0.25, 0.3) is 0 Å². The third-order valence-corrected chi connectivity index (χ3v) is 6.06. The zero-order valence-electron chi connectivity index (χ0n) is 19.4. The molecule has 4 rings (SSSR count). The number of carbonyl (C=O) groups is 2. The van der Waals surface area contributed by atoms with Crippen LogP contribution in [-0.2, 0) is 20.9 Å². The van der Waals surface area contributed by atoms with E-state index in [-0.39, 0.29) is 24.0 Å². The second kappa shape index (κ2) is 9.65. The van der Waals surface area contributed by atoms with Gasteiger partial charge < -0.3 is 14.8 Å². The Morgan fingerprint density at radius 3 is 2.58 bits per heavy atom.